The van der Waals surface area contributed by atoms with E-state index in [0.717, 1.165) is 10.3 Å². The molecule has 31 heavy (non-hydrogen) atoms. The maximum absolute atomic E-state index is 14.1. The molecule has 12 heteroatoms. The second-order valence-electron chi connectivity index (χ2n) is 6.31. The number of hydrogen-bond acceptors (Lipinski definition) is 5. The number of sulfonamides is 1. The van der Waals surface area contributed by atoms with Crippen LogP contribution in [0.4, 0.5) is 27.6 Å². The van der Waals surface area contributed by atoms with Crippen LogP contribution >= 0.6 is 0 Å². The number of aryl methyl sites for hydroxylation is 1. The molecule has 0 atom stereocenters. The van der Waals surface area contributed by atoms with Gasteiger partial charge in [0.25, 0.3) is 0 Å². The first kappa shape index (κ1) is 22.5. The van der Waals surface area contributed by atoms with Crippen molar-refractivity contribution in [3.63, 3.8) is 0 Å². The standard InChI is InChI=1S/C19H15F5N2O4S/c1-11-16(25-18(30-11)12-5-3-2-4-6-12)7-8-29-17-14(20)9-13(10-15(17)21)26-31(27,28)19(22,23)24/h2-6,9-10,26H,7-8H2,1H3. The highest BCUT2D eigenvalue weighted by molar-refractivity contribution is 7.93. The summed E-state index contributed by atoms with van der Waals surface area (Å²) in [6.45, 7) is 1.45. The van der Waals surface area contributed by atoms with Gasteiger partial charge < -0.3 is 9.15 Å². The van der Waals surface area contributed by atoms with Gasteiger partial charge in [0.15, 0.2) is 17.4 Å². The Labute approximate surface area is 173 Å². The Morgan fingerprint density at radius 3 is 2.29 bits per heavy atom. The van der Waals surface area contributed by atoms with E-state index in [1.54, 1.807) is 19.1 Å². The number of benzene rings is 2. The van der Waals surface area contributed by atoms with Gasteiger partial charge in [0.05, 0.1) is 18.0 Å². The van der Waals surface area contributed by atoms with Crippen LogP contribution in [0.3, 0.4) is 0 Å². The van der Waals surface area contributed by atoms with Crippen molar-refractivity contribution in [3.8, 4) is 17.2 Å². The van der Waals surface area contributed by atoms with Crippen molar-refractivity contribution in [1.82, 2.24) is 4.98 Å². The zero-order valence-electron chi connectivity index (χ0n) is 15.8. The Hall–Kier alpha value is -3.15. The number of aromatic nitrogens is 1. The minimum absolute atomic E-state index is 0.128. The predicted molar refractivity (Wildman–Crippen MR) is 101 cm³/mol. The maximum atomic E-state index is 14.1. The lowest BCUT2D eigenvalue weighted by Crippen LogP contribution is -2.30. The first-order valence-electron chi connectivity index (χ1n) is 8.70. The number of halogens is 5. The lowest BCUT2D eigenvalue weighted by atomic mass is 10.2. The summed E-state index contributed by atoms with van der Waals surface area (Å²) in [7, 11) is -5.82. The van der Waals surface area contributed by atoms with Gasteiger partial charge in [0.1, 0.15) is 5.76 Å². The van der Waals surface area contributed by atoms with Crippen LogP contribution in [-0.4, -0.2) is 25.5 Å². The van der Waals surface area contributed by atoms with Crippen LogP contribution in [0, 0.1) is 18.6 Å². The summed E-state index contributed by atoms with van der Waals surface area (Å²) in [5, 5.41) is 0. The largest absolute Gasteiger partial charge is 0.516 e. The summed E-state index contributed by atoms with van der Waals surface area (Å²) in [6.07, 6.45) is 0.128. The van der Waals surface area contributed by atoms with E-state index in [-0.39, 0.29) is 13.0 Å². The molecule has 0 amide bonds. The normalized spacial score (nSPS) is 12.1. The topological polar surface area (TPSA) is 81.4 Å². The Morgan fingerprint density at radius 1 is 1.10 bits per heavy atom. The van der Waals surface area contributed by atoms with Gasteiger partial charge >= 0.3 is 15.5 Å². The molecule has 6 nitrogen and oxygen atoms in total. The molecule has 0 spiro atoms. The Bertz CT molecular complexity index is 1150. The molecule has 0 saturated carbocycles. The fraction of sp³-hybridized carbons (Fsp3) is 0.211. The lowest BCUT2D eigenvalue weighted by Gasteiger charge is -2.13. The number of nitrogens with zero attached hydrogens (tertiary/aromatic N) is 1. The van der Waals surface area contributed by atoms with Gasteiger partial charge in [0, 0.05) is 24.1 Å². The van der Waals surface area contributed by atoms with E-state index in [1.165, 1.54) is 0 Å². The molecule has 3 aromatic rings. The smallest absolute Gasteiger partial charge is 0.487 e. The van der Waals surface area contributed by atoms with E-state index in [0.29, 0.717) is 29.5 Å². The number of ether oxygens (including phenoxy) is 1. The maximum Gasteiger partial charge on any atom is 0.516 e. The number of oxazole rings is 1. The molecule has 0 unspecified atom stereocenters. The van der Waals surface area contributed by atoms with E-state index >= 15 is 0 Å². The van der Waals surface area contributed by atoms with Crippen LogP contribution in [0.5, 0.6) is 5.75 Å². The lowest BCUT2D eigenvalue weighted by molar-refractivity contribution is -0.0429. The number of hydrogen-bond donors (Lipinski definition) is 1. The highest BCUT2D eigenvalue weighted by Crippen LogP contribution is 2.30. The molecule has 2 aromatic carbocycles. The quantitative estimate of drug-likeness (QED) is 0.510. The van der Waals surface area contributed by atoms with Gasteiger partial charge in [-0.25, -0.2) is 13.8 Å². The summed E-state index contributed by atoms with van der Waals surface area (Å²) < 4.78 is 99.2. The van der Waals surface area contributed by atoms with Gasteiger partial charge in [-0.05, 0) is 19.1 Å². The monoisotopic (exact) mass is 462 g/mol. The van der Waals surface area contributed by atoms with Crippen molar-refractivity contribution in [3.05, 3.63) is 65.6 Å². The molecule has 0 aliphatic carbocycles. The fourth-order valence-electron chi connectivity index (χ4n) is 2.58. The Kier molecular flexibility index (Phi) is 6.20. The summed E-state index contributed by atoms with van der Waals surface area (Å²) in [5.41, 5.74) is -5.33. The van der Waals surface area contributed by atoms with Gasteiger partial charge in [-0.15, -0.1) is 0 Å². The van der Waals surface area contributed by atoms with Crippen LogP contribution in [0.15, 0.2) is 46.9 Å². The zero-order valence-corrected chi connectivity index (χ0v) is 16.7. The van der Waals surface area contributed by atoms with Crippen molar-refractivity contribution < 1.29 is 39.5 Å². The highest BCUT2D eigenvalue weighted by Gasteiger charge is 2.46. The first-order chi connectivity index (χ1) is 14.5. The van der Waals surface area contributed by atoms with E-state index < -0.39 is 38.6 Å². The summed E-state index contributed by atoms with van der Waals surface area (Å²) in [4.78, 5) is 4.32. The van der Waals surface area contributed by atoms with Crippen molar-refractivity contribution >= 4 is 15.7 Å². The first-order valence-corrected chi connectivity index (χ1v) is 10.2. The van der Waals surface area contributed by atoms with Crippen LogP contribution in [-0.2, 0) is 16.4 Å². The third kappa shape index (κ3) is 5.13. The predicted octanol–water partition coefficient (Wildman–Crippen LogP) is 4.81. The molecule has 166 valence electrons. The number of rotatable bonds is 7. The molecule has 0 aliphatic rings. The third-order valence-corrected chi connectivity index (χ3v) is 5.17. The molecule has 1 aromatic heterocycles. The van der Waals surface area contributed by atoms with Crippen LogP contribution < -0.4 is 9.46 Å². The second kappa shape index (κ2) is 8.53. The molecule has 0 fully saturated rings. The Balaban J connectivity index is 1.68. The highest BCUT2D eigenvalue weighted by atomic mass is 32.2. The molecular formula is C19H15F5N2O4S. The minimum atomic E-state index is -5.82. The molecule has 0 saturated heterocycles. The van der Waals surface area contributed by atoms with E-state index in [4.69, 9.17) is 9.15 Å². The van der Waals surface area contributed by atoms with Crippen LogP contribution in [0.25, 0.3) is 11.5 Å². The minimum Gasteiger partial charge on any atom is -0.487 e. The third-order valence-electron chi connectivity index (χ3n) is 4.05. The Morgan fingerprint density at radius 2 is 1.71 bits per heavy atom. The number of alkyl halides is 3. The van der Waals surface area contributed by atoms with E-state index in [2.05, 4.69) is 4.98 Å². The molecular weight excluding hydrogens is 447 g/mol. The van der Waals surface area contributed by atoms with Crippen LogP contribution in [0.1, 0.15) is 11.5 Å². The van der Waals surface area contributed by atoms with E-state index in [1.807, 2.05) is 18.2 Å². The average Bonchev–Trinajstić information content (AvgIpc) is 3.04. The molecule has 1 N–H and O–H groups in total. The average molecular weight is 462 g/mol. The van der Waals surface area contributed by atoms with Crippen molar-refractivity contribution in [2.45, 2.75) is 18.9 Å². The number of nitrogens with one attached hydrogen (secondary N) is 1. The van der Waals surface area contributed by atoms with Gasteiger partial charge in [-0.1, -0.05) is 18.2 Å². The van der Waals surface area contributed by atoms with Gasteiger partial charge in [-0.2, -0.15) is 21.6 Å². The van der Waals surface area contributed by atoms with E-state index in [9.17, 15) is 30.4 Å². The van der Waals surface area contributed by atoms with Crippen molar-refractivity contribution in [1.29, 1.82) is 0 Å². The molecule has 0 aliphatic heterocycles. The molecule has 3 rings (SSSR count). The van der Waals surface area contributed by atoms with Crippen molar-refractivity contribution in [2.75, 3.05) is 11.3 Å². The fourth-order valence-corrected chi connectivity index (χ4v) is 3.13. The van der Waals surface area contributed by atoms with Gasteiger partial charge in [0.2, 0.25) is 5.89 Å². The summed E-state index contributed by atoms with van der Waals surface area (Å²) in [6, 6.07) is 9.81. The number of anilines is 1. The molecule has 0 radical (unpaired) electrons. The SMILES string of the molecule is Cc1oc(-c2ccccc2)nc1CCOc1c(F)cc(NS(=O)(=O)C(F)(F)F)cc1F. The zero-order chi connectivity index (χ0) is 22.8. The van der Waals surface area contributed by atoms with Gasteiger partial charge in [-0.3, -0.25) is 4.72 Å². The molecule has 1 heterocycles. The van der Waals surface area contributed by atoms with Crippen LogP contribution in [0.2, 0.25) is 0 Å². The van der Waals surface area contributed by atoms with Crippen molar-refractivity contribution in [2.24, 2.45) is 0 Å². The summed E-state index contributed by atoms with van der Waals surface area (Å²) >= 11 is 0. The second-order valence-corrected chi connectivity index (χ2v) is 7.98. The molecule has 0 bridgehead atoms. The summed E-state index contributed by atoms with van der Waals surface area (Å²) in [5.74, 6) is -2.75.